The van der Waals surface area contributed by atoms with E-state index in [4.69, 9.17) is 0 Å². The number of nitrogens with zero attached hydrogens (tertiary/aromatic N) is 1. The highest BCUT2D eigenvalue weighted by atomic mass is 16.2. The molecule has 11 heavy (non-hydrogen) atoms. The van der Waals surface area contributed by atoms with Gasteiger partial charge >= 0.3 is 0 Å². The van der Waals surface area contributed by atoms with Gasteiger partial charge in [-0.3, -0.25) is 15.1 Å². The number of amides is 1. The van der Waals surface area contributed by atoms with E-state index >= 15 is 0 Å². The van der Waals surface area contributed by atoms with E-state index in [1.807, 2.05) is 0 Å². The molecule has 0 bridgehead atoms. The Bertz CT molecular complexity index is 179. The molecule has 0 aromatic rings. The van der Waals surface area contributed by atoms with Crippen LogP contribution in [0.3, 0.4) is 0 Å². The summed E-state index contributed by atoms with van der Waals surface area (Å²) in [6.07, 6.45) is 1.47. The first-order chi connectivity index (χ1) is 5.29. The first-order valence-corrected chi connectivity index (χ1v) is 3.46. The predicted molar refractivity (Wildman–Crippen MR) is 42.3 cm³/mol. The molecule has 0 radical (unpaired) electrons. The molecule has 1 rings (SSSR count). The normalized spacial score (nSPS) is 28.2. The van der Waals surface area contributed by atoms with Gasteiger partial charge in [-0.2, -0.15) is 0 Å². The molecule has 2 unspecified atom stereocenters. The fourth-order valence-corrected chi connectivity index (χ4v) is 0.989. The van der Waals surface area contributed by atoms with Crippen LogP contribution in [-0.2, 0) is 4.79 Å². The summed E-state index contributed by atoms with van der Waals surface area (Å²) in [5.41, 5.74) is 0. The number of hydrogen-bond donors (Lipinski definition) is 3. The summed E-state index contributed by atoms with van der Waals surface area (Å²) >= 11 is 0. The predicted octanol–water partition coefficient (Wildman–Crippen LogP) is -1.72. The van der Waals surface area contributed by atoms with Crippen LogP contribution in [0.2, 0.25) is 0 Å². The number of carbonyl (C=O) groups excluding carboxylic acids is 1. The van der Waals surface area contributed by atoms with E-state index < -0.39 is 0 Å². The smallest absolute Gasteiger partial charge is 0.248 e. The Kier molecular flexibility index (Phi) is 2.43. The topological polar surface area (TPSA) is 65.5 Å². The van der Waals surface area contributed by atoms with Crippen LogP contribution in [-0.4, -0.2) is 38.5 Å². The minimum Gasteiger partial charge on any atom is -0.359 e. The second-order valence-electron chi connectivity index (χ2n) is 2.27. The Labute approximate surface area is 65.3 Å². The molecule has 62 valence electrons. The quantitative estimate of drug-likeness (QED) is 0.445. The van der Waals surface area contributed by atoms with Crippen LogP contribution >= 0.6 is 0 Å². The zero-order chi connectivity index (χ0) is 8.27. The molecule has 1 aliphatic heterocycles. The van der Waals surface area contributed by atoms with Crippen LogP contribution in [0.5, 0.6) is 0 Å². The van der Waals surface area contributed by atoms with Gasteiger partial charge < -0.3 is 10.6 Å². The van der Waals surface area contributed by atoms with Crippen molar-refractivity contribution >= 4 is 12.2 Å². The van der Waals surface area contributed by atoms with Gasteiger partial charge in [-0.05, 0) is 7.05 Å². The third-order valence-electron chi connectivity index (χ3n) is 1.63. The van der Waals surface area contributed by atoms with Crippen LogP contribution < -0.4 is 16.0 Å². The summed E-state index contributed by atoms with van der Waals surface area (Å²) in [7, 11) is 3.38. The number of aliphatic imine (C=N–C) groups is 1. The number of carbonyl (C=O) groups is 1. The summed E-state index contributed by atoms with van der Waals surface area (Å²) in [5.74, 6) is -0.0781. The van der Waals surface area contributed by atoms with Crippen molar-refractivity contribution in [1.82, 2.24) is 16.0 Å². The zero-order valence-corrected chi connectivity index (χ0v) is 6.59. The van der Waals surface area contributed by atoms with Gasteiger partial charge in [0.15, 0.2) is 6.04 Å². The molecular formula is C6H12N4O. The van der Waals surface area contributed by atoms with E-state index in [1.54, 1.807) is 20.4 Å². The fraction of sp³-hybridized carbons (Fsp3) is 0.667. The molecule has 0 aliphatic carbocycles. The molecule has 0 spiro atoms. The Hall–Kier alpha value is -1.10. The van der Waals surface area contributed by atoms with Gasteiger partial charge in [-0.1, -0.05) is 0 Å². The van der Waals surface area contributed by atoms with Crippen LogP contribution in [0.4, 0.5) is 0 Å². The molecule has 1 heterocycles. The monoisotopic (exact) mass is 156 g/mol. The summed E-state index contributed by atoms with van der Waals surface area (Å²) < 4.78 is 0. The first kappa shape index (κ1) is 8.00. The van der Waals surface area contributed by atoms with E-state index in [2.05, 4.69) is 20.9 Å². The fourth-order valence-electron chi connectivity index (χ4n) is 0.989. The minimum atomic E-state index is -0.343. The highest BCUT2D eigenvalue weighted by Crippen LogP contribution is 1.99. The number of nitrogens with one attached hydrogen (secondary N) is 3. The molecule has 1 aliphatic rings. The number of hydrogen-bond acceptors (Lipinski definition) is 4. The lowest BCUT2D eigenvalue weighted by atomic mass is 10.2. The van der Waals surface area contributed by atoms with Crippen molar-refractivity contribution in [3.05, 3.63) is 0 Å². The molecule has 3 N–H and O–H groups in total. The highest BCUT2D eigenvalue weighted by Gasteiger charge is 2.27. The molecular weight excluding hydrogens is 144 g/mol. The standard InChI is InChI=1S/C6H12N4O/c1-7-5-4(6(11)8-2)9-3-10-5/h3-5,7H,1-2H3,(H,8,11)(H,9,10). The average molecular weight is 156 g/mol. The number of likely N-dealkylation sites (N-methyl/N-ethyl adjacent to an activating group) is 2. The number of rotatable bonds is 2. The maximum Gasteiger partial charge on any atom is 0.248 e. The van der Waals surface area contributed by atoms with Crippen LogP contribution in [0.1, 0.15) is 0 Å². The van der Waals surface area contributed by atoms with Crippen molar-refractivity contribution in [3.8, 4) is 0 Å². The Morgan fingerprint density at radius 2 is 2.36 bits per heavy atom. The van der Waals surface area contributed by atoms with Gasteiger partial charge in [0.2, 0.25) is 5.91 Å². The van der Waals surface area contributed by atoms with Gasteiger partial charge in [-0.25, -0.2) is 0 Å². The second-order valence-corrected chi connectivity index (χ2v) is 2.27. The third kappa shape index (κ3) is 1.48. The van der Waals surface area contributed by atoms with E-state index in [1.165, 1.54) is 0 Å². The zero-order valence-electron chi connectivity index (χ0n) is 6.59. The molecule has 0 aromatic carbocycles. The average Bonchev–Trinajstić information content (AvgIpc) is 2.50. The van der Waals surface area contributed by atoms with E-state index in [9.17, 15) is 4.79 Å². The second kappa shape index (κ2) is 3.34. The van der Waals surface area contributed by atoms with Crippen LogP contribution in [0, 0.1) is 0 Å². The Morgan fingerprint density at radius 3 is 2.91 bits per heavy atom. The van der Waals surface area contributed by atoms with Crippen molar-refractivity contribution in [2.45, 2.75) is 12.2 Å². The molecule has 0 aromatic heterocycles. The Morgan fingerprint density at radius 1 is 1.64 bits per heavy atom. The molecule has 0 saturated heterocycles. The van der Waals surface area contributed by atoms with Crippen molar-refractivity contribution in [2.75, 3.05) is 14.1 Å². The maximum atomic E-state index is 11.1. The molecule has 5 heteroatoms. The SMILES string of the molecule is CNC(=O)C1N=CNC1NC. The summed E-state index contributed by atoms with van der Waals surface area (Å²) in [6, 6.07) is -0.343. The molecule has 1 amide bonds. The van der Waals surface area contributed by atoms with Gasteiger partial charge in [0.05, 0.1) is 6.34 Å². The van der Waals surface area contributed by atoms with E-state index in [-0.39, 0.29) is 18.1 Å². The third-order valence-corrected chi connectivity index (χ3v) is 1.63. The lowest BCUT2D eigenvalue weighted by Crippen LogP contribution is -2.49. The molecule has 0 fully saturated rings. The van der Waals surface area contributed by atoms with Crippen molar-refractivity contribution in [2.24, 2.45) is 4.99 Å². The lowest BCUT2D eigenvalue weighted by molar-refractivity contribution is -0.122. The molecule has 0 saturated carbocycles. The summed E-state index contributed by atoms with van der Waals surface area (Å²) in [4.78, 5) is 15.0. The highest BCUT2D eigenvalue weighted by molar-refractivity contribution is 5.85. The lowest BCUT2D eigenvalue weighted by Gasteiger charge is -2.15. The van der Waals surface area contributed by atoms with Gasteiger partial charge in [-0.15, -0.1) is 0 Å². The van der Waals surface area contributed by atoms with Gasteiger partial charge in [0, 0.05) is 7.05 Å². The molecule has 5 nitrogen and oxygen atoms in total. The van der Waals surface area contributed by atoms with Crippen LogP contribution in [0.15, 0.2) is 4.99 Å². The van der Waals surface area contributed by atoms with E-state index in [0.29, 0.717) is 0 Å². The van der Waals surface area contributed by atoms with Gasteiger partial charge in [0.25, 0.3) is 0 Å². The van der Waals surface area contributed by atoms with Crippen molar-refractivity contribution in [1.29, 1.82) is 0 Å². The van der Waals surface area contributed by atoms with Crippen LogP contribution in [0.25, 0.3) is 0 Å². The van der Waals surface area contributed by atoms with E-state index in [0.717, 1.165) is 0 Å². The summed E-state index contributed by atoms with van der Waals surface area (Å²) in [6.45, 7) is 0. The molecule has 2 atom stereocenters. The van der Waals surface area contributed by atoms with Crippen molar-refractivity contribution in [3.63, 3.8) is 0 Å². The first-order valence-electron chi connectivity index (χ1n) is 3.46. The minimum absolute atomic E-state index is 0.0741. The largest absolute Gasteiger partial charge is 0.359 e. The Balaban J connectivity index is 2.55. The summed E-state index contributed by atoms with van der Waals surface area (Å²) in [5, 5.41) is 8.38. The van der Waals surface area contributed by atoms with Gasteiger partial charge in [0.1, 0.15) is 6.17 Å². The maximum absolute atomic E-state index is 11.1. The van der Waals surface area contributed by atoms with Crippen molar-refractivity contribution < 1.29 is 4.79 Å².